The molecule has 1 heterocycles. The van der Waals surface area contributed by atoms with Crippen molar-refractivity contribution in [1.29, 1.82) is 0 Å². The molecule has 0 spiro atoms. The summed E-state index contributed by atoms with van der Waals surface area (Å²) in [6, 6.07) is 7.59. The molecule has 126 valence electrons. The Morgan fingerprint density at radius 2 is 2.13 bits per heavy atom. The van der Waals surface area contributed by atoms with Gasteiger partial charge in [-0.25, -0.2) is 0 Å². The zero-order valence-corrected chi connectivity index (χ0v) is 14.8. The first-order valence-electron chi connectivity index (χ1n) is 7.47. The number of hydrogen-bond donors (Lipinski definition) is 1. The lowest BCUT2D eigenvalue weighted by atomic mass is 10.1. The van der Waals surface area contributed by atoms with Crippen LogP contribution in [-0.4, -0.2) is 54.5 Å². The van der Waals surface area contributed by atoms with Crippen molar-refractivity contribution in [3.63, 3.8) is 0 Å². The van der Waals surface area contributed by atoms with E-state index in [1.807, 2.05) is 31.2 Å². The van der Waals surface area contributed by atoms with Crippen LogP contribution >= 0.6 is 23.4 Å². The van der Waals surface area contributed by atoms with Gasteiger partial charge in [0.2, 0.25) is 5.91 Å². The van der Waals surface area contributed by atoms with Gasteiger partial charge in [-0.05, 0) is 24.6 Å². The Morgan fingerprint density at radius 1 is 1.43 bits per heavy atom. The molecule has 1 amide bonds. The van der Waals surface area contributed by atoms with Crippen molar-refractivity contribution in [3.05, 3.63) is 34.9 Å². The molecule has 0 bridgehead atoms. The van der Waals surface area contributed by atoms with E-state index in [9.17, 15) is 9.59 Å². The lowest BCUT2D eigenvalue weighted by molar-refractivity contribution is -0.141. The van der Waals surface area contributed by atoms with Crippen LogP contribution in [0.2, 0.25) is 5.02 Å². The van der Waals surface area contributed by atoms with Crippen LogP contribution < -0.4 is 5.32 Å². The zero-order chi connectivity index (χ0) is 16.8. The van der Waals surface area contributed by atoms with Crippen molar-refractivity contribution in [2.45, 2.75) is 18.2 Å². The van der Waals surface area contributed by atoms with Crippen molar-refractivity contribution in [3.8, 4) is 0 Å². The predicted molar refractivity (Wildman–Crippen MR) is 92.7 cm³/mol. The second kappa shape index (κ2) is 8.57. The molecule has 0 saturated carbocycles. The van der Waals surface area contributed by atoms with Crippen LogP contribution in [0.4, 0.5) is 0 Å². The van der Waals surface area contributed by atoms with Gasteiger partial charge in [-0.15, -0.1) is 11.8 Å². The highest BCUT2D eigenvalue weighted by molar-refractivity contribution is 8.00. The molecule has 0 unspecified atom stereocenters. The third-order valence-electron chi connectivity index (χ3n) is 3.81. The number of carbonyl (C=O) groups excluding carboxylic acids is 2. The summed E-state index contributed by atoms with van der Waals surface area (Å²) in [6.45, 7) is 3.31. The van der Waals surface area contributed by atoms with Gasteiger partial charge >= 0.3 is 5.97 Å². The van der Waals surface area contributed by atoms with E-state index in [-0.39, 0.29) is 29.7 Å². The third-order valence-corrected chi connectivity index (χ3v) is 5.23. The second-order valence-electron chi connectivity index (χ2n) is 5.38. The average molecular weight is 357 g/mol. The van der Waals surface area contributed by atoms with Crippen molar-refractivity contribution in [1.82, 2.24) is 10.2 Å². The number of benzene rings is 1. The molecule has 7 heteroatoms. The van der Waals surface area contributed by atoms with Crippen LogP contribution in [0.25, 0.3) is 0 Å². The molecule has 1 N–H and O–H groups in total. The smallest absolute Gasteiger partial charge is 0.320 e. The molecule has 1 aliphatic rings. The summed E-state index contributed by atoms with van der Waals surface area (Å²) in [4.78, 5) is 25.7. The predicted octanol–water partition coefficient (Wildman–Crippen LogP) is 2.11. The number of ether oxygens (including phenoxy) is 1. The highest BCUT2D eigenvalue weighted by Gasteiger charge is 2.29. The van der Waals surface area contributed by atoms with Crippen molar-refractivity contribution >= 4 is 35.2 Å². The maximum absolute atomic E-state index is 12.3. The number of carbonyl (C=O) groups is 2. The number of amides is 1. The van der Waals surface area contributed by atoms with Crippen LogP contribution in [0, 0.1) is 0 Å². The van der Waals surface area contributed by atoms with Crippen LogP contribution in [0.3, 0.4) is 0 Å². The lowest BCUT2D eigenvalue weighted by Crippen LogP contribution is -2.48. The van der Waals surface area contributed by atoms with Gasteiger partial charge in [-0.2, -0.15) is 0 Å². The summed E-state index contributed by atoms with van der Waals surface area (Å²) >= 11 is 7.41. The average Bonchev–Trinajstić information content (AvgIpc) is 2.59. The lowest BCUT2D eigenvalue weighted by Gasteiger charge is -2.31. The van der Waals surface area contributed by atoms with Crippen LogP contribution in [0.1, 0.15) is 18.5 Å². The number of nitrogens with zero attached hydrogens (tertiary/aromatic N) is 1. The number of thioether (sulfide) groups is 1. The number of hydrogen-bond acceptors (Lipinski definition) is 5. The summed E-state index contributed by atoms with van der Waals surface area (Å²) in [5.41, 5.74) is 1.07. The fourth-order valence-corrected chi connectivity index (χ4v) is 3.63. The van der Waals surface area contributed by atoms with E-state index >= 15 is 0 Å². The standard InChI is InChI=1S/C16H21ClN2O3S/c1-11(12-3-5-13(17)6-4-12)18-9-15(20)19-7-8-23-14(10-19)16(21)22-2/h3-6,11,14,18H,7-10H2,1-2H3/t11-,14+/m0/s1. The first-order valence-corrected chi connectivity index (χ1v) is 8.90. The maximum atomic E-state index is 12.3. The molecule has 1 saturated heterocycles. The Morgan fingerprint density at radius 3 is 2.78 bits per heavy atom. The van der Waals surface area contributed by atoms with E-state index in [0.29, 0.717) is 18.1 Å². The van der Waals surface area contributed by atoms with E-state index in [1.54, 1.807) is 4.90 Å². The summed E-state index contributed by atoms with van der Waals surface area (Å²) in [7, 11) is 1.37. The Kier molecular flexibility index (Phi) is 6.74. The number of halogens is 1. The molecule has 2 atom stereocenters. The number of esters is 1. The Labute approximate surface area is 145 Å². The summed E-state index contributed by atoms with van der Waals surface area (Å²) < 4.78 is 4.76. The van der Waals surface area contributed by atoms with Gasteiger partial charge in [-0.1, -0.05) is 23.7 Å². The van der Waals surface area contributed by atoms with Crippen LogP contribution in [0.5, 0.6) is 0 Å². The SMILES string of the molecule is COC(=O)[C@H]1CN(C(=O)CN[C@@H](C)c2ccc(Cl)cc2)CCS1. The zero-order valence-electron chi connectivity index (χ0n) is 13.3. The molecule has 0 radical (unpaired) electrons. The minimum atomic E-state index is -0.286. The fraction of sp³-hybridized carbons (Fsp3) is 0.500. The largest absolute Gasteiger partial charge is 0.468 e. The number of rotatable bonds is 5. The fourth-order valence-electron chi connectivity index (χ4n) is 2.37. The van der Waals surface area contributed by atoms with E-state index in [4.69, 9.17) is 16.3 Å². The summed E-state index contributed by atoms with van der Waals surface area (Å²) in [6.07, 6.45) is 0. The van der Waals surface area contributed by atoms with Gasteiger partial charge in [0, 0.05) is 29.9 Å². The number of nitrogens with one attached hydrogen (secondary N) is 1. The summed E-state index contributed by atoms with van der Waals surface area (Å²) in [5, 5.41) is 3.62. The quantitative estimate of drug-likeness (QED) is 0.819. The molecule has 1 fully saturated rings. The molecule has 0 aromatic heterocycles. The Bertz CT molecular complexity index is 553. The molecule has 0 aliphatic carbocycles. The molecule has 1 aliphatic heterocycles. The minimum Gasteiger partial charge on any atom is -0.468 e. The van der Waals surface area contributed by atoms with Gasteiger partial charge < -0.3 is 15.0 Å². The van der Waals surface area contributed by atoms with Crippen molar-refractivity contribution in [2.24, 2.45) is 0 Å². The molecular weight excluding hydrogens is 336 g/mol. The topological polar surface area (TPSA) is 58.6 Å². The first kappa shape index (κ1) is 18.1. The highest BCUT2D eigenvalue weighted by atomic mass is 35.5. The van der Waals surface area contributed by atoms with E-state index < -0.39 is 0 Å². The molecular formula is C16H21ClN2O3S. The molecule has 1 aromatic carbocycles. The maximum Gasteiger partial charge on any atom is 0.320 e. The third kappa shape index (κ3) is 5.12. The minimum absolute atomic E-state index is 0.0000154. The van der Waals surface area contributed by atoms with Gasteiger partial charge in [0.1, 0.15) is 5.25 Å². The van der Waals surface area contributed by atoms with E-state index in [2.05, 4.69) is 5.32 Å². The van der Waals surface area contributed by atoms with Crippen LogP contribution in [-0.2, 0) is 14.3 Å². The van der Waals surface area contributed by atoms with Gasteiger partial charge in [-0.3, -0.25) is 9.59 Å². The van der Waals surface area contributed by atoms with E-state index in [1.165, 1.54) is 18.9 Å². The molecule has 1 aromatic rings. The Hall–Kier alpha value is -1.24. The van der Waals surface area contributed by atoms with Crippen LogP contribution in [0.15, 0.2) is 24.3 Å². The Balaban J connectivity index is 1.84. The summed E-state index contributed by atoms with van der Waals surface area (Å²) in [5.74, 6) is 0.480. The molecule has 23 heavy (non-hydrogen) atoms. The van der Waals surface area contributed by atoms with Crippen molar-refractivity contribution < 1.29 is 14.3 Å². The number of methoxy groups -OCH3 is 1. The first-order chi connectivity index (χ1) is 11.0. The van der Waals surface area contributed by atoms with Gasteiger partial charge in [0.25, 0.3) is 0 Å². The highest BCUT2D eigenvalue weighted by Crippen LogP contribution is 2.20. The normalized spacial score (nSPS) is 19.3. The van der Waals surface area contributed by atoms with Gasteiger partial charge in [0.05, 0.1) is 13.7 Å². The monoisotopic (exact) mass is 356 g/mol. The van der Waals surface area contributed by atoms with E-state index in [0.717, 1.165) is 11.3 Å². The molecule has 2 rings (SSSR count). The second-order valence-corrected chi connectivity index (χ2v) is 7.12. The molecule has 5 nitrogen and oxygen atoms in total. The van der Waals surface area contributed by atoms with Gasteiger partial charge in [0.15, 0.2) is 0 Å². The van der Waals surface area contributed by atoms with Crippen molar-refractivity contribution in [2.75, 3.05) is 32.5 Å².